The third-order valence-corrected chi connectivity index (χ3v) is 3.69. The van der Waals surface area contributed by atoms with E-state index in [1.165, 1.54) is 11.3 Å². The van der Waals surface area contributed by atoms with Crippen LogP contribution in [0.1, 0.15) is 20.9 Å². The zero-order chi connectivity index (χ0) is 15.4. The van der Waals surface area contributed by atoms with Crippen molar-refractivity contribution in [1.82, 2.24) is 9.97 Å². The Labute approximate surface area is 123 Å². The Morgan fingerprint density at radius 3 is 2.86 bits per heavy atom. The zero-order valence-corrected chi connectivity index (χ0v) is 11.8. The first kappa shape index (κ1) is 14.9. The molecule has 0 aliphatic heterocycles. The summed E-state index contributed by atoms with van der Waals surface area (Å²) < 4.78 is 5.33. The third kappa shape index (κ3) is 3.51. The minimum absolute atomic E-state index is 0.129. The van der Waals surface area contributed by atoms with Crippen LogP contribution < -0.4 is 4.74 Å². The summed E-state index contributed by atoms with van der Waals surface area (Å²) in [5, 5.41) is 19.7. The predicted molar refractivity (Wildman–Crippen MR) is 73.9 cm³/mol. The molecule has 0 amide bonds. The number of hydrogen-bond acceptors (Lipinski definition) is 7. The minimum Gasteiger partial charge on any atom is -0.477 e. The summed E-state index contributed by atoms with van der Waals surface area (Å²) in [5.74, 6) is -1.45. The van der Waals surface area contributed by atoms with Crippen LogP contribution in [0, 0.1) is 17.0 Å². The van der Waals surface area contributed by atoms with Crippen molar-refractivity contribution in [2.24, 2.45) is 0 Å². The van der Waals surface area contributed by atoms with E-state index in [-0.39, 0.29) is 18.1 Å². The molecule has 0 saturated heterocycles. The number of hydrogen-bond donors (Lipinski definition) is 1. The molecule has 0 saturated carbocycles. The van der Waals surface area contributed by atoms with Gasteiger partial charge in [0.05, 0.1) is 22.7 Å². The fourth-order valence-corrected chi connectivity index (χ4v) is 2.38. The molecule has 0 spiro atoms. The molecule has 2 aromatic rings. The standard InChI is InChI=1S/C12H11N3O5S/c1-7-10(21-6-14-7)2-3-20-11-9(12(16)17)4-8(5-13-11)15(18)19/h4-6H,2-3H2,1H3,(H,16,17). The summed E-state index contributed by atoms with van der Waals surface area (Å²) in [6.07, 6.45) is 1.54. The van der Waals surface area contributed by atoms with Gasteiger partial charge in [0.2, 0.25) is 5.88 Å². The monoisotopic (exact) mass is 309 g/mol. The number of nitro groups is 1. The molecular formula is C12H11N3O5S. The van der Waals surface area contributed by atoms with Crippen LogP contribution in [-0.4, -0.2) is 32.6 Å². The number of pyridine rings is 1. The maximum atomic E-state index is 11.1. The Morgan fingerprint density at radius 1 is 1.52 bits per heavy atom. The zero-order valence-electron chi connectivity index (χ0n) is 11.0. The molecular weight excluding hydrogens is 298 g/mol. The van der Waals surface area contributed by atoms with Gasteiger partial charge in [0.25, 0.3) is 5.69 Å². The maximum Gasteiger partial charge on any atom is 0.341 e. The lowest BCUT2D eigenvalue weighted by atomic mass is 10.2. The number of thiazole rings is 1. The Morgan fingerprint density at radius 2 is 2.29 bits per heavy atom. The molecule has 0 aliphatic rings. The lowest BCUT2D eigenvalue weighted by molar-refractivity contribution is -0.385. The van der Waals surface area contributed by atoms with Crippen LogP contribution in [-0.2, 0) is 6.42 Å². The molecule has 0 fully saturated rings. The van der Waals surface area contributed by atoms with E-state index in [0.717, 1.165) is 22.8 Å². The minimum atomic E-state index is -1.32. The molecule has 2 heterocycles. The number of nitrogens with zero attached hydrogens (tertiary/aromatic N) is 3. The van der Waals surface area contributed by atoms with E-state index in [1.54, 1.807) is 5.51 Å². The van der Waals surface area contributed by atoms with E-state index in [2.05, 4.69) is 9.97 Å². The van der Waals surface area contributed by atoms with Crippen LogP contribution in [0.15, 0.2) is 17.8 Å². The fraction of sp³-hybridized carbons (Fsp3) is 0.250. The SMILES string of the molecule is Cc1ncsc1CCOc1ncc([N+](=O)[O-])cc1C(=O)O. The number of aromatic carboxylic acids is 1. The van der Waals surface area contributed by atoms with Crippen LogP contribution in [0.25, 0.3) is 0 Å². The second-order valence-corrected chi connectivity index (χ2v) is 5.01. The van der Waals surface area contributed by atoms with E-state index >= 15 is 0 Å². The summed E-state index contributed by atoms with van der Waals surface area (Å²) in [7, 11) is 0. The first-order chi connectivity index (χ1) is 9.99. The van der Waals surface area contributed by atoms with Crippen molar-refractivity contribution in [3.05, 3.63) is 44.0 Å². The first-order valence-electron chi connectivity index (χ1n) is 5.88. The van der Waals surface area contributed by atoms with E-state index in [1.807, 2.05) is 6.92 Å². The largest absolute Gasteiger partial charge is 0.477 e. The molecule has 110 valence electrons. The maximum absolute atomic E-state index is 11.1. The van der Waals surface area contributed by atoms with Gasteiger partial charge in [-0.15, -0.1) is 11.3 Å². The Kier molecular flexibility index (Phi) is 4.43. The number of ether oxygens (including phenoxy) is 1. The lowest BCUT2D eigenvalue weighted by Gasteiger charge is -2.07. The average molecular weight is 309 g/mol. The Balaban J connectivity index is 2.10. The number of carbonyl (C=O) groups is 1. The third-order valence-electron chi connectivity index (χ3n) is 2.69. The van der Waals surface area contributed by atoms with Crippen molar-refractivity contribution >= 4 is 23.0 Å². The first-order valence-corrected chi connectivity index (χ1v) is 6.76. The van der Waals surface area contributed by atoms with Crippen LogP contribution in [0.3, 0.4) is 0 Å². The summed E-state index contributed by atoms with van der Waals surface area (Å²) in [5.41, 5.74) is 1.90. The Hall–Kier alpha value is -2.55. The van der Waals surface area contributed by atoms with Crippen molar-refractivity contribution in [3.8, 4) is 5.88 Å². The van der Waals surface area contributed by atoms with Crippen molar-refractivity contribution in [2.45, 2.75) is 13.3 Å². The van der Waals surface area contributed by atoms with Crippen molar-refractivity contribution in [2.75, 3.05) is 6.61 Å². The van der Waals surface area contributed by atoms with E-state index in [9.17, 15) is 14.9 Å². The van der Waals surface area contributed by atoms with E-state index < -0.39 is 16.6 Å². The van der Waals surface area contributed by atoms with Gasteiger partial charge in [0, 0.05) is 17.4 Å². The molecule has 0 aromatic carbocycles. The highest BCUT2D eigenvalue weighted by Crippen LogP contribution is 2.21. The molecule has 1 N–H and O–H groups in total. The highest BCUT2D eigenvalue weighted by molar-refractivity contribution is 7.09. The van der Waals surface area contributed by atoms with Gasteiger partial charge in [-0.05, 0) is 6.92 Å². The number of carboxylic acids is 1. The summed E-state index contributed by atoms with van der Waals surface area (Å²) >= 11 is 1.48. The van der Waals surface area contributed by atoms with Gasteiger partial charge in [-0.1, -0.05) is 0 Å². The normalized spacial score (nSPS) is 10.3. The molecule has 8 nitrogen and oxygen atoms in total. The van der Waals surface area contributed by atoms with Gasteiger partial charge < -0.3 is 9.84 Å². The van der Waals surface area contributed by atoms with Gasteiger partial charge in [-0.2, -0.15) is 0 Å². The van der Waals surface area contributed by atoms with Crippen molar-refractivity contribution in [1.29, 1.82) is 0 Å². The number of aromatic nitrogens is 2. The number of rotatable bonds is 6. The van der Waals surface area contributed by atoms with Crippen molar-refractivity contribution < 1.29 is 19.6 Å². The molecule has 0 bridgehead atoms. The quantitative estimate of drug-likeness (QED) is 0.641. The lowest BCUT2D eigenvalue weighted by Crippen LogP contribution is -2.08. The smallest absolute Gasteiger partial charge is 0.341 e. The summed E-state index contributed by atoms with van der Waals surface area (Å²) in [6.45, 7) is 2.09. The summed E-state index contributed by atoms with van der Waals surface area (Å²) in [6, 6.07) is 0.933. The van der Waals surface area contributed by atoms with Crippen LogP contribution >= 0.6 is 11.3 Å². The molecule has 2 rings (SSSR count). The molecule has 0 atom stereocenters. The second-order valence-electron chi connectivity index (χ2n) is 4.07. The fourth-order valence-electron chi connectivity index (χ4n) is 1.62. The van der Waals surface area contributed by atoms with E-state index in [4.69, 9.17) is 9.84 Å². The average Bonchev–Trinajstić information content (AvgIpc) is 2.84. The number of carboxylic acid groups (broad SMARTS) is 1. The van der Waals surface area contributed by atoms with Crippen LogP contribution in [0.4, 0.5) is 5.69 Å². The topological polar surface area (TPSA) is 115 Å². The van der Waals surface area contributed by atoms with Gasteiger partial charge in [-0.25, -0.2) is 14.8 Å². The molecule has 0 aliphatic carbocycles. The predicted octanol–water partition coefficient (Wildman–Crippen LogP) is 2.07. The molecule has 2 aromatic heterocycles. The number of aryl methyl sites for hydroxylation is 1. The van der Waals surface area contributed by atoms with E-state index in [0.29, 0.717) is 6.42 Å². The van der Waals surface area contributed by atoms with Crippen LogP contribution in [0.2, 0.25) is 0 Å². The molecule has 0 unspecified atom stereocenters. The molecule has 9 heteroatoms. The summed E-state index contributed by atoms with van der Waals surface area (Å²) in [4.78, 5) is 29.8. The van der Waals surface area contributed by atoms with Gasteiger partial charge >= 0.3 is 5.97 Å². The molecule has 21 heavy (non-hydrogen) atoms. The highest BCUT2D eigenvalue weighted by Gasteiger charge is 2.18. The molecule has 0 radical (unpaired) electrons. The highest BCUT2D eigenvalue weighted by atomic mass is 32.1. The van der Waals surface area contributed by atoms with Gasteiger partial charge in [0.1, 0.15) is 11.8 Å². The Bertz CT molecular complexity index is 685. The van der Waals surface area contributed by atoms with Gasteiger partial charge in [0.15, 0.2) is 0 Å². The second kappa shape index (κ2) is 6.27. The van der Waals surface area contributed by atoms with Crippen LogP contribution in [0.5, 0.6) is 5.88 Å². The van der Waals surface area contributed by atoms with Gasteiger partial charge in [-0.3, -0.25) is 10.1 Å². The van der Waals surface area contributed by atoms with Crippen molar-refractivity contribution in [3.63, 3.8) is 0 Å².